The molecule has 0 aromatic rings. The highest BCUT2D eigenvalue weighted by molar-refractivity contribution is 8.00. The number of nitrogens with zero attached hydrogens (tertiary/aromatic N) is 2. The van der Waals surface area contributed by atoms with Crippen LogP contribution in [0.25, 0.3) is 0 Å². The molecule has 0 spiro atoms. The summed E-state index contributed by atoms with van der Waals surface area (Å²) in [7, 11) is 0. The van der Waals surface area contributed by atoms with Crippen LogP contribution in [-0.4, -0.2) is 64.0 Å². The third kappa shape index (κ3) is 4.13. The van der Waals surface area contributed by atoms with E-state index in [0.29, 0.717) is 24.6 Å². The molecule has 1 atom stereocenters. The van der Waals surface area contributed by atoms with Crippen LogP contribution in [0.2, 0.25) is 0 Å². The number of aliphatic carboxylic acids is 1. The highest BCUT2D eigenvalue weighted by Gasteiger charge is 2.28. The van der Waals surface area contributed by atoms with Gasteiger partial charge in [0, 0.05) is 19.5 Å². The lowest BCUT2D eigenvalue weighted by molar-refractivity contribution is -0.139. The third-order valence-electron chi connectivity index (χ3n) is 3.79. The second-order valence-electron chi connectivity index (χ2n) is 5.35. The van der Waals surface area contributed by atoms with Crippen molar-refractivity contribution in [1.29, 1.82) is 0 Å². The number of carbonyl (C=O) groups is 3. The van der Waals surface area contributed by atoms with Gasteiger partial charge >= 0.3 is 5.97 Å². The monoisotopic (exact) mass is 300 g/mol. The fraction of sp³-hybridized carbons (Fsp3) is 0.769. The zero-order valence-electron chi connectivity index (χ0n) is 11.4. The minimum Gasteiger partial charge on any atom is -0.481 e. The van der Waals surface area contributed by atoms with Crippen LogP contribution in [0, 0.1) is 5.92 Å². The molecular weight excluding hydrogens is 280 g/mol. The Morgan fingerprint density at radius 2 is 2.20 bits per heavy atom. The van der Waals surface area contributed by atoms with E-state index in [1.807, 2.05) is 0 Å². The van der Waals surface area contributed by atoms with Gasteiger partial charge < -0.3 is 14.9 Å². The maximum Gasteiger partial charge on any atom is 0.303 e. The van der Waals surface area contributed by atoms with E-state index in [4.69, 9.17) is 5.11 Å². The molecular formula is C13H20N2O4S. The summed E-state index contributed by atoms with van der Waals surface area (Å²) in [6.07, 6.45) is 2.68. The van der Waals surface area contributed by atoms with Gasteiger partial charge in [0.2, 0.25) is 11.8 Å². The van der Waals surface area contributed by atoms with Crippen molar-refractivity contribution < 1.29 is 19.5 Å². The van der Waals surface area contributed by atoms with Crippen molar-refractivity contribution in [2.24, 2.45) is 5.92 Å². The average Bonchev–Trinajstić information content (AvgIpc) is 2.82. The van der Waals surface area contributed by atoms with Crippen LogP contribution in [0.1, 0.15) is 25.7 Å². The molecule has 2 aliphatic rings. The molecule has 0 bridgehead atoms. The Kier molecular flexibility index (Phi) is 5.28. The first-order chi connectivity index (χ1) is 9.56. The molecule has 6 nitrogen and oxygen atoms in total. The maximum absolute atomic E-state index is 12.2. The van der Waals surface area contributed by atoms with Crippen LogP contribution >= 0.6 is 11.8 Å². The molecule has 7 heteroatoms. The largest absolute Gasteiger partial charge is 0.481 e. The van der Waals surface area contributed by atoms with Crippen molar-refractivity contribution in [1.82, 2.24) is 9.80 Å². The van der Waals surface area contributed by atoms with Gasteiger partial charge in [-0.2, -0.15) is 0 Å². The van der Waals surface area contributed by atoms with Crippen molar-refractivity contribution in [2.75, 3.05) is 31.3 Å². The molecule has 0 saturated carbocycles. The predicted octanol–water partition coefficient (Wildman–Crippen LogP) is 0.623. The number of likely N-dealkylation sites (tertiary alicyclic amines) is 1. The lowest BCUT2D eigenvalue weighted by Crippen LogP contribution is -2.45. The van der Waals surface area contributed by atoms with E-state index in [-0.39, 0.29) is 30.7 Å². The normalized spacial score (nSPS) is 23.2. The summed E-state index contributed by atoms with van der Waals surface area (Å²) in [5.41, 5.74) is 0. The Labute approximate surface area is 122 Å². The van der Waals surface area contributed by atoms with Crippen LogP contribution in [0.4, 0.5) is 0 Å². The van der Waals surface area contributed by atoms with Crippen molar-refractivity contribution in [3.8, 4) is 0 Å². The molecule has 1 unspecified atom stereocenters. The fourth-order valence-corrected chi connectivity index (χ4v) is 3.56. The number of amides is 2. The lowest BCUT2D eigenvalue weighted by Gasteiger charge is -2.33. The predicted molar refractivity (Wildman–Crippen MR) is 75.2 cm³/mol. The highest BCUT2D eigenvalue weighted by Crippen LogP contribution is 2.22. The zero-order valence-corrected chi connectivity index (χ0v) is 12.2. The number of hydrogen-bond acceptors (Lipinski definition) is 4. The first-order valence-electron chi connectivity index (χ1n) is 6.91. The molecule has 1 N–H and O–H groups in total. The summed E-state index contributed by atoms with van der Waals surface area (Å²) >= 11 is 1.53. The van der Waals surface area contributed by atoms with Gasteiger partial charge in [-0.3, -0.25) is 14.4 Å². The van der Waals surface area contributed by atoms with E-state index in [2.05, 4.69) is 0 Å². The molecule has 2 amide bonds. The number of hydrogen-bond donors (Lipinski definition) is 1. The fourth-order valence-electron chi connectivity index (χ4n) is 2.66. The van der Waals surface area contributed by atoms with Gasteiger partial charge in [0.1, 0.15) is 6.54 Å². The highest BCUT2D eigenvalue weighted by atomic mass is 32.2. The second-order valence-corrected chi connectivity index (χ2v) is 6.30. The first kappa shape index (κ1) is 15.2. The van der Waals surface area contributed by atoms with Gasteiger partial charge in [0.05, 0.1) is 11.6 Å². The van der Waals surface area contributed by atoms with E-state index < -0.39 is 5.97 Å². The quantitative estimate of drug-likeness (QED) is 0.805. The Hall–Kier alpha value is -1.24. The molecule has 2 saturated heterocycles. The van der Waals surface area contributed by atoms with Gasteiger partial charge in [-0.25, -0.2) is 0 Å². The topological polar surface area (TPSA) is 77.9 Å². The second kappa shape index (κ2) is 6.97. The first-order valence-corrected chi connectivity index (χ1v) is 8.07. The Bertz CT molecular complexity index is 402. The molecule has 0 radical (unpaired) electrons. The molecule has 0 aliphatic carbocycles. The van der Waals surface area contributed by atoms with Crippen LogP contribution in [0.15, 0.2) is 0 Å². The summed E-state index contributed by atoms with van der Waals surface area (Å²) in [6.45, 7) is 1.51. The molecule has 0 aromatic heterocycles. The van der Waals surface area contributed by atoms with Crippen LogP contribution in [0.5, 0.6) is 0 Å². The van der Waals surface area contributed by atoms with Crippen molar-refractivity contribution in [3.63, 3.8) is 0 Å². The van der Waals surface area contributed by atoms with E-state index in [1.165, 1.54) is 11.8 Å². The number of piperidine rings is 1. The SMILES string of the molecule is O=C(O)CCC1CCCN(C(=O)CN2CSCC2=O)C1. The van der Waals surface area contributed by atoms with Gasteiger partial charge in [0.15, 0.2) is 0 Å². The zero-order chi connectivity index (χ0) is 14.5. The van der Waals surface area contributed by atoms with Crippen LogP contribution in [0.3, 0.4) is 0 Å². The summed E-state index contributed by atoms with van der Waals surface area (Å²) in [6, 6.07) is 0. The summed E-state index contributed by atoms with van der Waals surface area (Å²) in [5.74, 6) is 0.569. The van der Waals surface area contributed by atoms with Gasteiger partial charge in [-0.1, -0.05) is 0 Å². The van der Waals surface area contributed by atoms with E-state index in [1.54, 1.807) is 9.80 Å². The van der Waals surface area contributed by atoms with Crippen LogP contribution in [-0.2, 0) is 14.4 Å². The molecule has 2 aliphatic heterocycles. The minimum atomic E-state index is -0.784. The summed E-state index contributed by atoms with van der Waals surface area (Å²) in [5, 5.41) is 8.71. The molecule has 2 fully saturated rings. The summed E-state index contributed by atoms with van der Waals surface area (Å²) < 4.78 is 0. The van der Waals surface area contributed by atoms with Gasteiger partial charge in [-0.05, 0) is 25.2 Å². The van der Waals surface area contributed by atoms with E-state index in [0.717, 1.165) is 19.4 Å². The Morgan fingerprint density at radius 1 is 1.40 bits per heavy atom. The Balaban J connectivity index is 1.80. The van der Waals surface area contributed by atoms with E-state index in [9.17, 15) is 14.4 Å². The van der Waals surface area contributed by atoms with Crippen molar-refractivity contribution in [3.05, 3.63) is 0 Å². The molecule has 112 valence electrons. The maximum atomic E-state index is 12.2. The van der Waals surface area contributed by atoms with E-state index >= 15 is 0 Å². The molecule has 2 heterocycles. The third-order valence-corrected chi connectivity index (χ3v) is 4.73. The number of carboxylic acids is 1. The molecule has 2 rings (SSSR count). The minimum absolute atomic E-state index is 0.0131. The number of carbonyl (C=O) groups excluding carboxylic acids is 2. The Morgan fingerprint density at radius 3 is 2.85 bits per heavy atom. The molecule has 0 aromatic carbocycles. The average molecular weight is 300 g/mol. The standard InChI is InChI=1S/C13H20N2O4S/c16-11(7-15-9-20-8-12(15)17)14-5-1-2-10(6-14)3-4-13(18)19/h10H,1-9H2,(H,18,19). The summed E-state index contributed by atoms with van der Waals surface area (Å²) in [4.78, 5) is 37.7. The van der Waals surface area contributed by atoms with Gasteiger partial charge in [-0.15, -0.1) is 11.8 Å². The lowest BCUT2D eigenvalue weighted by atomic mass is 9.93. The van der Waals surface area contributed by atoms with Crippen molar-refractivity contribution in [2.45, 2.75) is 25.7 Å². The number of carboxylic acid groups (broad SMARTS) is 1. The van der Waals surface area contributed by atoms with Crippen LogP contribution < -0.4 is 0 Å². The van der Waals surface area contributed by atoms with Gasteiger partial charge in [0.25, 0.3) is 0 Å². The number of rotatable bonds is 5. The molecule has 20 heavy (non-hydrogen) atoms. The smallest absolute Gasteiger partial charge is 0.303 e. The number of thioether (sulfide) groups is 1. The van der Waals surface area contributed by atoms with Crippen molar-refractivity contribution >= 4 is 29.5 Å².